The van der Waals surface area contributed by atoms with Crippen molar-refractivity contribution in [2.75, 3.05) is 0 Å². The summed E-state index contributed by atoms with van der Waals surface area (Å²) in [4.78, 5) is 16.2. The molecule has 1 aromatic heterocycles. The fraction of sp³-hybridized carbons (Fsp3) is 0.167. The van der Waals surface area contributed by atoms with Crippen molar-refractivity contribution in [3.05, 3.63) is 82.9 Å². The zero-order valence-corrected chi connectivity index (χ0v) is 14.2. The number of nitro groups is 1. The van der Waals surface area contributed by atoms with Crippen LogP contribution in [0.4, 0.5) is 5.69 Å². The SMILES string of the molecule is O=[N+]([O-])c1ccc(Sc2ccc(C(O)CCn3ccnc3)cc2)cc1. The van der Waals surface area contributed by atoms with Crippen LogP contribution in [0, 0.1) is 10.1 Å². The van der Waals surface area contributed by atoms with Gasteiger partial charge in [0.05, 0.1) is 17.4 Å². The molecule has 1 heterocycles. The number of hydrogen-bond acceptors (Lipinski definition) is 5. The summed E-state index contributed by atoms with van der Waals surface area (Å²) in [5.74, 6) is 0. The highest BCUT2D eigenvalue weighted by atomic mass is 32.2. The van der Waals surface area contributed by atoms with Crippen molar-refractivity contribution in [2.45, 2.75) is 28.9 Å². The van der Waals surface area contributed by atoms with Crippen LogP contribution in [0.5, 0.6) is 0 Å². The Morgan fingerprint density at radius 2 is 1.76 bits per heavy atom. The molecule has 0 radical (unpaired) electrons. The summed E-state index contributed by atoms with van der Waals surface area (Å²) in [6, 6.07) is 14.2. The number of aliphatic hydroxyl groups excluding tert-OH is 1. The summed E-state index contributed by atoms with van der Waals surface area (Å²) in [5, 5.41) is 20.9. The fourth-order valence-corrected chi connectivity index (χ4v) is 3.20. The molecule has 128 valence electrons. The molecule has 0 aliphatic heterocycles. The first-order chi connectivity index (χ1) is 12.1. The zero-order chi connectivity index (χ0) is 17.6. The van der Waals surface area contributed by atoms with Crippen molar-refractivity contribution in [2.24, 2.45) is 0 Å². The van der Waals surface area contributed by atoms with Crippen LogP contribution in [-0.4, -0.2) is 19.6 Å². The molecule has 0 saturated carbocycles. The van der Waals surface area contributed by atoms with Crippen molar-refractivity contribution in [3.8, 4) is 0 Å². The maximum Gasteiger partial charge on any atom is 0.269 e. The van der Waals surface area contributed by atoms with Gasteiger partial charge in [-0.25, -0.2) is 4.98 Å². The average molecular weight is 355 g/mol. The molecule has 25 heavy (non-hydrogen) atoms. The lowest BCUT2D eigenvalue weighted by Crippen LogP contribution is -2.03. The van der Waals surface area contributed by atoms with Gasteiger partial charge in [-0.3, -0.25) is 10.1 Å². The second-order valence-electron chi connectivity index (χ2n) is 5.53. The largest absolute Gasteiger partial charge is 0.388 e. The molecular weight excluding hydrogens is 338 g/mol. The van der Waals surface area contributed by atoms with Crippen LogP contribution < -0.4 is 0 Å². The Balaban J connectivity index is 1.58. The number of imidazole rings is 1. The Labute approximate surface area is 149 Å². The van der Waals surface area contributed by atoms with E-state index in [-0.39, 0.29) is 5.69 Å². The molecule has 2 aromatic carbocycles. The molecule has 0 aliphatic rings. The van der Waals surface area contributed by atoms with Crippen molar-refractivity contribution < 1.29 is 10.0 Å². The summed E-state index contributed by atoms with van der Waals surface area (Å²) in [7, 11) is 0. The minimum Gasteiger partial charge on any atom is -0.388 e. The Hall–Kier alpha value is -2.64. The standard InChI is InChI=1S/C18H17N3O3S/c22-18(9-11-20-12-10-19-13-20)14-1-5-16(6-2-14)25-17-7-3-15(4-8-17)21(23)24/h1-8,10,12-13,18,22H,9,11H2. The smallest absolute Gasteiger partial charge is 0.269 e. The summed E-state index contributed by atoms with van der Waals surface area (Å²) in [6.45, 7) is 0.709. The second kappa shape index (κ2) is 7.96. The summed E-state index contributed by atoms with van der Waals surface area (Å²) in [6.07, 6.45) is 5.41. The Morgan fingerprint density at radius 3 is 2.32 bits per heavy atom. The van der Waals surface area contributed by atoms with E-state index in [0.29, 0.717) is 13.0 Å². The number of aryl methyl sites for hydroxylation is 1. The number of nitrogens with zero attached hydrogens (tertiary/aromatic N) is 3. The lowest BCUT2D eigenvalue weighted by atomic mass is 10.1. The van der Waals surface area contributed by atoms with Gasteiger partial charge in [0.1, 0.15) is 0 Å². The van der Waals surface area contributed by atoms with E-state index < -0.39 is 11.0 Å². The van der Waals surface area contributed by atoms with Gasteiger partial charge in [0.15, 0.2) is 0 Å². The number of hydrogen-bond donors (Lipinski definition) is 1. The van der Waals surface area contributed by atoms with Crippen LogP contribution in [0.25, 0.3) is 0 Å². The Kier molecular flexibility index (Phi) is 5.47. The van der Waals surface area contributed by atoms with Gasteiger partial charge >= 0.3 is 0 Å². The van der Waals surface area contributed by atoms with E-state index in [1.54, 1.807) is 24.7 Å². The lowest BCUT2D eigenvalue weighted by molar-refractivity contribution is -0.384. The lowest BCUT2D eigenvalue weighted by Gasteiger charge is -2.12. The van der Waals surface area contributed by atoms with E-state index in [4.69, 9.17) is 0 Å². The zero-order valence-electron chi connectivity index (χ0n) is 13.4. The first-order valence-corrected chi connectivity index (χ1v) is 8.59. The van der Waals surface area contributed by atoms with E-state index in [2.05, 4.69) is 4.98 Å². The summed E-state index contributed by atoms with van der Waals surface area (Å²) in [5.41, 5.74) is 0.953. The van der Waals surface area contributed by atoms with Gasteiger partial charge in [-0.15, -0.1) is 0 Å². The van der Waals surface area contributed by atoms with Gasteiger partial charge in [0.25, 0.3) is 5.69 Å². The van der Waals surface area contributed by atoms with Gasteiger partial charge in [-0.2, -0.15) is 0 Å². The topological polar surface area (TPSA) is 81.2 Å². The van der Waals surface area contributed by atoms with Crippen LogP contribution in [0.3, 0.4) is 0 Å². The molecule has 1 N–H and O–H groups in total. The Morgan fingerprint density at radius 1 is 1.12 bits per heavy atom. The third-order valence-electron chi connectivity index (χ3n) is 3.77. The Bertz CT molecular complexity index is 818. The molecule has 0 spiro atoms. The molecule has 1 unspecified atom stereocenters. The molecule has 0 fully saturated rings. The predicted octanol–water partition coefficient (Wildman–Crippen LogP) is 4.07. The minimum atomic E-state index is -0.527. The monoisotopic (exact) mass is 355 g/mol. The van der Waals surface area contributed by atoms with E-state index in [1.807, 2.05) is 35.0 Å². The van der Waals surface area contributed by atoms with Crippen molar-refractivity contribution in [3.63, 3.8) is 0 Å². The summed E-state index contributed by atoms with van der Waals surface area (Å²) < 4.78 is 1.93. The van der Waals surface area contributed by atoms with Gasteiger partial charge in [-0.05, 0) is 36.2 Å². The number of aromatic nitrogens is 2. The van der Waals surface area contributed by atoms with Crippen LogP contribution in [0.1, 0.15) is 18.1 Å². The third kappa shape index (κ3) is 4.68. The quantitative estimate of drug-likeness (QED) is 0.510. The van der Waals surface area contributed by atoms with Crippen LogP contribution in [0.15, 0.2) is 77.0 Å². The number of rotatable bonds is 7. The van der Waals surface area contributed by atoms with Crippen molar-refractivity contribution in [1.29, 1.82) is 0 Å². The molecule has 1 atom stereocenters. The molecule has 3 aromatic rings. The highest BCUT2D eigenvalue weighted by Gasteiger charge is 2.09. The molecule has 0 amide bonds. The molecule has 6 nitrogen and oxygen atoms in total. The van der Waals surface area contributed by atoms with Crippen LogP contribution >= 0.6 is 11.8 Å². The van der Waals surface area contributed by atoms with Gasteiger partial charge in [0.2, 0.25) is 0 Å². The van der Waals surface area contributed by atoms with Crippen molar-refractivity contribution in [1.82, 2.24) is 9.55 Å². The van der Waals surface area contributed by atoms with E-state index in [0.717, 1.165) is 15.4 Å². The molecule has 3 rings (SSSR count). The number of non-ortho nitro benzene ring substituents is 1. The minimum absolute atomic E-state index is 0.0840. The maximum absolute atomic E-state index is 10.7. The van der Waals surface area contributed by atoms with Crippen molar-refractivity contribution >= 4 is 17.4 Å². The fourth-order valence-electron chi connectivity index (χ4n) is 2.39. The molecule has 0 saturated heterocycles. The van der Waals surface area contributed by atoms with Gasteiger partial charge in [-0.1, -0.05) is 23.9 Å². The second-order valence-corrected chi connectivity index (χ2v) is 6.67. The van der Waals surface area contributed by atoms with E-state index in [1.165, 1.54) is 23.9 Å². The summed E-state index contributed by atoms with van der Waals surface area (Å²) >= 11 is 1.52. The third-order valence-corrected chi connectivity index (χ3v) is 4.78. The van der Waals surface area contributed by atoms with E-state index >= 15 is 0 Å². The van der Waals surface area contributed by atoms with Crippen LogP contribution in [0.2, 0.25) is 0 Å². The molecule has 7 heteroatoms. The average Bonchev–Trinajstić information content (AvgIpc) is 3.14. The molecular formula is C18H17N3O3S. The normalized spacial score (nSPS) is 12.0. The highest BCUT2D eigenvalue weighted by Crippen LogP contribution is 2.30. The predicted molar refractivity (Wildman–Crippen MR) is 95.5 cm³/mol. The molecule has 0 bridgehead atoms. The maximum atomic E-state index is 10.7. The van der Waals surface area contributed by atoms with Gasteiger partial charge < -0.3 is 9.67 Å². The highest BCUT2D eigenvalue weighted by molar-refractivity contribution is 7.99. The molecule has 0 aliphatic carbocycles. The van der Waals surface area contributed by atoms with Gasteiger partial charge in [0, 0.05) is 40.9 Å². The van der Waals surface area contributed by atoms with Crippen LogP contribution in [-0.2, 0) is 6.54 Å². The first-order valence-electron chi connectivity index (χ1n) is 7.78. The number of nitro benzene ring substituents is 1. The van der Waals surface area contributed by atoms with E-state index in [9.17, 15) is 15.2 Å². The number of benzene rings is 2. The first kappa shape index (κ1) is 17.2. The number of aliphatic hydroxyl groups is 1.